The summed E-state index contributed by atoms with van der Waals surface area (Å²) in [5, 5.41) is 0. The lowest BCUT2D eigenvalue weighted by atomic mass is 9.94. The molecule has 1 aromatic heterocycles. The smallest absolute Gasteiger partial charge is 0.141 e. The summed E-state index contributed by atoms with van der Waals surface area (Å²) in [4.78, 5) is 17.4. The van der Waals surface area contributed by atoms with Gasteiger partial charge in [0.2, 0.25) is 0 Å². The fourth-order valence-corrected chi connectivity index (χ4v) is 2.33. The Morgan fingerprint density at radius 2 is 2.41 bits per heavy atom. The van der Waals surface area contributed by atoms with Crippen LogP contribution < -0.4 is 0 Å². The van der Waals surface area contributed by atoms with Crippen molar-refractivity contribution in [3.8, 4) is 0 Å². The number of pyridine rings is 1. The monoisotopic (exact) mass is 236 g/mol. The molecule has 0 aliphatic carbocycles. The Bertz CT molecular complexity index is 408. The van der Waals surface area contributed by atoms with E-state index in [1.165, 1.54) is 12.3 Å². The van der Waals surface area contributed by atoms with Crippen molar-refractivity contribution >= 4 is 5.78 Å². The molecule has 0 bridgehead atoms. The molecule has 3 nitrogen and oxygen atoms in total. The molecule has 0 N–H and O–H groups in total. The van der Waals surface area contributed by atoms with Crippen molar-refractivity contribution in [3.05, 3.63) is 29.8 Å². The molecule has 4 heteroatoms. The van der Waals surface area contributed by atoms with E-state index in [1.54, 1.807) is 13.1 Å². The summed E-state index contributed by atoms with van der Waals surface area (Å²) in [5.41, 5.74) is 0.870. The van der Waals surface area contributed by atoms with E-state index in [0.717, 1.165) is 31.5 Å². The molecule has 0 spiro atoms. The molecule has 0 saturated carbocycles. The van der Waals surface area contributed by atoms with Crippen molar-refractivity contribution in [1.29, 1.82) is 0 Å². The minimum absolute atomic E-state index is 0.144. The fraction of sp³-hybridized carbons (Fsp3) is 0.538. The zero-order valence-electron chi connectivity index (χ0n) is 10.0. The summed E-state index contributed by atoms with van der Waals surface area (Å²) in [6.45, 7) is 4.08. The normalized spacial score (nSPS) is 21.4. The molecule has 17 heavy (non-hydrogen) atoms. The van der Waals surface area contributed by atoms with Gasteiger partial charge in [-0.2, -0.15) is 0 Å². The minimum Gasteiger partial charge on any atom is -0.300 e. The highest BCUT2D eigenvalue weighted by Crippen LogP contribution is 2.19. The second-order valence-corrected chi connectivity index (χ2v) is 4.70. The first-order valence-corrected chi connectivity index (χ1v) is 5.97. The fourth-order valence-electron chi connectivity index (χ4n) is 2.33. The molecule has 0 radical (unpaired) electrons. The first kappa shape index (κ1) is 12.2. The van der Waals surface area contributed by atoms with Crippen LogP contribution in [-0.4, -0.2) is 28.8 Å². The van der Waals surface area contributed by atoms with Crippen LogP contribution in [0.25, 0.3) is 0 Å². The third-order valence-corrected chi connectivity index (χ3v) is 3.25. The average Bonchev–Trinajstić information content (AvgIpc) is 2.29. The molecule has 92 valence electrons. The molecule has 1 saturated heterocycles. The van der Waals surface area contributed by atoms with E-state index in [2.05, 4.69) is 9.88 Å². The Morgan fingerprint density at radius 3 is 3.12 bits per heavy atom. The Morgan fingerprint density at radius 1 is 1.59 bits per heavy atom. The minimum atomic E-state index is -0.303. The number of ketones is 1. The summed E-state index contributed by atoms with van der Waals surface area (Å²) in [5.74, 6) is 0.0972. The van der Waals surface area contributed by atoms with Crippen molar-refractivity contribution in [2.45, 2.75) is 26.3 Å². The molecule has 2 rings (SSSR count). The molecule has 1 aliphatic heterocycles. The topological polar surface area (TPSA) is 33.2 Å². The number of piperidine rings is 1. The van der Waals surface area contributed by atoms with Crippen LogP contribution in [0, 0.1) is 11.7 Å². The van der Waals surface area contributed by atoms with E-state index in [0.29, 0.717) is 6.54 Å². The van der Waals surface area contributed by atoms with Gasteiger partial charge in [0.1, 0.15) is 11.6 Å². The van der Waals surface area contributed by atoms with Crippen molar-refractivity contribution in [2.24, 2.45) is 5.92 Å². The number of hydrogen-bond acceptors (Lipinski definition) is 3. The van der Waals surface area contributed by atoms with Crippen LogP contribution in [0.1, 0.15) is 25.3 Å². The lowest BCUT2D eigenvalue weighted by molar-refractivity contribution is -0.122. The van der Waals surface area contributed by atoms with Gasteiger partial charge in [-0.1, -0.05) is 0 Å². The summed E-state index contributed by atoms with van der Waals surface area (Å²) in [6.07, 6.45) is 4.90. The van der Waals surface area contributed by atoms with Crippen molar-refractivity contribution in [1.82, 2.24) is 9.88 Å². The van der Waals surface area contributed by atoms with Gasteiger partial charge in [0.05, 0.1) is 6.20 Å². The standard InChI is InChI=1S/C13H17FN2O/c1-10(17)12-3-2-4-16(9-12)8-11-5-13(14)7-15-6-11/h5-7,12H,2-4,8-9H2,1H3. The Balaban J connectivity index is 1.97. The average molecular weight is 236 g/mol. The van der Waals surface area contributed by atoms with Gasteiger partial charge >= 0.3 is 0 Å². The second kappa shape index (κ2) is 5.36. The van der Waals surface area contributed by atoms with Crippen LogP contribution in [-0.2, 0) is 11.3 Å². The van der Waals surface area contributed by atoms with Crippen molar-refractivity contribution in [3.63, 3.8) is 0 Å². The van der Waals surface area contributed by atoms with Gasteiger partial charge in [0.15, 0.2) is 0 Å². The highest BCUT2D eigenvalue weighted by atomic mass is 19.1. The number of aromatic nitrogens is 1. The molecule has 2 heterocycles. The maximum atomic E-state index is 13.0. The van der Waals surface area contributed by atoms with Gasteiger partial charge in [0, 0.05) is 25.2 Å². The van der Waals surface area contributed by atoms with Gasteiger partial charge in [0.25, 0.3) is 0 Å². The Hall–Kier alpha value is -1.29. The lowest BCUT2D eigenvalue weighted by Gasteiger charge is -2.31. The van der Waals surface area contributed by atoms with Gasteiger partial charge in [-0.25, -0.2) is 4.39 Å². The first-order chi connectivity index (χ1) is 8.15. The number of nitrogens with zero attached hydrogens (tertiary/aromatic N) is 2. The zero-order chi connectivity index (χ0) is 12.3. The predicted molar refractivity (Wildman–Crippen MR) is 62.9 cm³/mol. The molecular formula is C13H17FN2O. The van der Waals surface area contributed by atoms with Gasteiger partial charge < -0.3 is 0 Å². The molecule has 0 aromatic carbocycles. The molecule has 1 atom stereocenters. The van der Waals surface area contributed by atoms with Crippen LogP contribution in [0.2, 0.25) is 0 Å². The molecule has 1 unspecified atom stereocenters. The first-order valence-electron chi connectivity index (χ1n) is 5.97. The summed E-state index contributed by atoms with van der Waals surface area (Å²) >= 11 is 0. The maximum absolute atomic E-state index is 13.0. The number of carbonyl (C=O) groups is 1. The Kier molecular flexibility index (Phi) is 3.84. The van der Waals surface area contributed by atoms with E-state index in [9.17, 15) is 9.18 Å². The van der Waals surface area contributed by atoms with E-state index in [-0.39, 0.29) is 17.5 Å². The van der Waals surface area contributed by atoms with Gasteiger partial charge in [-0.05, 0) is 37.9 Å². The van der Waals surface area contributed by atoms with Crippen LogP contribution in [0.3, 0.4) is 0 Å². The number of carbonyl (C=O) groups excluding carboxylic acids is 1. The van der Waals surface area contributed by atoms with E-state index < -0.39 is 0 Å². The van der Waals surface area contributed by atoms with E-state index in [4.69, 9.17) is 0 Å². The van der Waals surface area contributed by atoms with E-state index in [1.807, 2.05) is 0 Å². The molecule has 1 aromatic rings. The molecule has 0 amide bonds. The quantitative estimate of drug-likeness (QED) is 0.805. The number of halogens is 1. The molecule has 1 fully saturated rings. The SMILES string of the molecule is CC(=O)C1CCCN(Cc2cncc(F)c2)C1. The van der Waals surface area contributed by atoms with Crippen molar-refractivity contribution in [2.75, 3.05) is 13.1 Å². The van der Waals surface area contributed by atoms with Crippen LogP contribution >= 0.6 is 0 Å². The van der Waals surface area contributed by atoms with Gasteiger partial charge in [-0.3, -0.25) is 14.7 Å². The summed E-state index contributed by atoms with van der Waals surface area (Å²) in [7, 11) is 0. The number of likely N-dealkylation sites (tertiary alicyclic amines) is 1. The number of Topliss-reactive ketones (excluding diaryl/α,β-unsaturated/α-hetero) is 1. The lowest BCUT2D eigenvalue weighted by Crippen LogP contribution is -2.37. The number of hydrogen-bond donors (Lipinski definition) is 0. The molecule has 1 aliphatic rings. The van der Waals surface area contributed by atoms with E-state index >= 15 is 0 Å². The molecular weight excluding hydrogens is 219 g/mol. The van der Waals surface area contributed by atoms with Gasteiger partial charge in [-0.15, -0.1) is 0 Å². The second-order valence-electron chi connectivity index (χ2n) is 4.70. The van der Waals surface area contributed by atoms with Crippen LogP contribution in [0.5, 0.6) is 0 Å². The maximum Gasteiger partial charge on any atom is 0.141 e. The van der Waals surface area contributed by atoms with Crippen LogP contribution in [0.4, 0.5) is 4.39 Å². The third-order valence-electron chi connectivity index (χ3n) is 3.25. The highest BCUT2D eigenvalue weighted by Gasteiger charge is 2.23. The highest BCUT2D eigenvalue weighted by molar-refractivity contribution is 5.78. The van der Waals surface area contributed by atoms with Crippen LogP contribution in [0.15, 0.2) is 18.5 Å². The third kappa shape index (κ3) is 3.33. The zero-order valence-corrected chi connectivity index (χ0v) is 10.0. The summed E-state index contributed by atoms with van der Waals surface area (Å²) < 4.78 is 13.0. The number of rotatable bonds is 3. The summed E-state index contributed by atoms with van der Waals surface area (Å²) in [6, 6.07) is 1.50. The predicted octanol–water partition coefficient (Wildman–Crippen LogP) is 2.02. The largest absolute Gasteiger partial charge is 0.300 e. The Labute approximate surface area is 101 Å². The van der Waals surface area contributed by atoms with Crippen molar-refractivity contribution < 1.29 is 9.18 Å².